The van der Waals surface area contributed by atoms with Crippen LogP contribution in [0.3, 0.4) is 0 Å². The van der Waals surface area contributed by atoms with E-state index in [1.54, 1.807) is 13.8 Å². The highest BCUT2D eigenvalue weighted by Gasteiger charge is 2.30. The Labute approximate surface area is 118 Å². The Bertz CT molecular complexity index is 456. The molecule has 0 saturated carbocycles. The van der Waals surface area contributed by atoms with Gasteiger partial charge in [0, 0.05) is 0 Å². The van der Waals surface area contributed by atoms with Crippen LogP contribution in [0.2, 0.25) is 0 Å². The van der Waals surface area contributed by atoms with E-state index in [9.17, 15) is 9.59 Å². The lowest BCUT2D eigenvalue weighted by atomic mass is 9.93. The molecule has 0 bridgehead atoms. The molecule has 0 fully saturated rings. The summed E-state index contributed by atoms with van der Waals surface area (Å²) in [4.78, 5) is 22.7. The second kappa shape index (κ2) is 7.05. The number of rotatable bonds is 7. The van der Waals surface area contributed by atoms with E-state index >= 15 is 0 Å². The highest BCUT2D eigenvalue weighted by atomic mass is 16.5. The number of carboxylic acids is 1. The van der Waals surface area contributed by atoms with Crippen molar-refractivity contribution in [1.29, 1.82) is 0 Å². The van der Waals surface area contributed by atoms with Crippen LogP contribution in [0.5, 0.6) is 0 Å². The topological polar surface area (TPSA) is 75.6 Å². The van der Waals surface area contributed by atoms with Crippen LogP contribution in [0.1, 0.15) is 26.3 Å². The van der Waals surface area contributed by atoms with Crippen molar-refractivity contribution in [3.8, 4) is 0 Å². The summed E-state index contributed by atoms with van der Waals surface area (Å²) in [7, 11) is 0. The van der Waals surface area contributed by atoms with E-state index in [1.165, 1.54) is 6.92 Å². The number of carboxylic acid groups (broad SMARTS) is 1. The maximum atomic E-state index is 12.0. The Morgan fingerprint density at radius 1 is 1.30 bits per heavy atom. The summed E-state index contributed by atoms with van der Waals surface area (Å²) in [5.74, 6) is -1.39. The number of nitrogens with one attached hydrogen (secondary N) is 1. The van der Waals surface area contributed by atoms with E-state index in [-0.39, 0.29) is 12.5 Å². The van der Waals surface area contributed by atoms with Gasteiger partial charge in [-0.2, -0.15) is 0 Å². The van der Waals surface area contributed by atoms with Crippen molar-refractivity contribution >= 4 is 11.9 Å². The van der Waals surface area contributed by atoms with Crippen molar-refractivity contribution in [3.63, 3.8) is 0 Å². The van der Waals surface area contributed by atoms with Crippen LogP contribution in [-0.4, -0.2) is 29.6 Å². The summed E-state index contributed by atoms with van der Waals surface area (Å²) in [5.41, 5.74) is 0.251. The summed E-state index contributed by atoms with van der Waals surface area (Å²) in [6, 6.07) is 8.75. The molecule has 20 heavy (non-hydrogen) atoms. The average Bonchev–Trinajstić information content (AvgIpc) is 2.39. The number of hydrogen-bond acceptors (Lipinski definition) is 3. The summed E-state index contributed by atoms with van der Waals surface area (Å²) in [5, 5.41) is 11.2. The minimum atomic E-state index is -1.06. The number of aliphatic carboxylic acids is 1. The quantitative estimate of drug-likeness (QED) is 0.798. The molecule has 0 aliphatic heterocycles. The normalized spacial score (nSPS) is 12.8. The highest BCUT2D eigenvalue weighted by molar-refractivity contribution is 5.86. The molecule has 1 amide bonds. The lowest BCUT2D eigenvalue weighted by Crippen LogP contribution is -2.46. The fraction of sp³-hybridized carbons (Fsp3) is 0.467. The molecule has 1 aromatic rings. The number of hydrogen-bond donors (Lipinski definition) is 2. The maximum Gasteiger partial charge on any atom is 0.325 e. The van der Waals surface area contributed by atoms with E-state index < -0.39 is 17.4 Å². The molecular weight excluding hydrogens is 258 g/mol. The largest absolute Gasteiger partial charge is 0.480 e. The molecule has 2 N–H and O–H groups in total. The van der Waals surface area contributed by atoms with E-state index in [1.807, 2.05) is 30.3 Å². The van der Waals surface area contributed by atoms with E-state index in [4.69, 9.17) is 9.84 Å². The molecule has 110 valence electrons. The van der Waals surface area contributed by atoms with Crippen molar-refractivity contribution in [1.82, 2.24) is 5.32 Å². The Hall–Kier alpha value is -1.88. The van der Waals surface area contributed by atoms with Gasteiger partial charge in [-0.05, 0) is 26.3 Å². The van der Waals surface area contributed by atoms with Crippen molar-refractivity contribution in [3.05, 3.63) is 35.9 Å². The van der Waals surface area contributed by atoms with Gasteiger partial charge in [-0.25, -0.2) is 0 Å². The molecule has 1 rings (SSSR count). The minimum absolute atomic E-state index is 0.222. The van der Waals surface area contributed by atoms with Crippen LogP contribution < -0.4 is 5.32 Å². The zero-order chi connectivity index (χ0) is 15.2. The smallest absolute Gasteiger partial charge is 0.325 e. The van der Waals surface area contributed by atoms with Gasteiger partial charge in [0.1, 0.15) is 6.04 Å². The van der Waals surface area contributed by atoms with Crippen molar-refractivity contribution in [2.75, 3.05) is 6.61 Å². The van der Waals surface area contributed by atoms with E-state index in [2.05, 4.69) is 5.32 Å². The molecule has 0 spiro atoms. The molecule has 0 heterocycles. The maximum absolute atomic E-state index is 12.0. The third-order valence-corrected chi connectivity index (χ3v) is 2.91. The Morgan fingerprint density at radius 3 is 2.45 bits per heavy atom. The van der Waals surface area contributed by atoms with Crippen LogP contribution in [0, 0.1) is 5.41 Å². The fourth-order valence-electron chi connectivity index (χ4n) is 1.52. The predicted molar refractivity (Wildman–Crippen MR) is 75.1 cm³/mol. The third-order valence-electron chi connectivity index (χ3n) is 2.91. The molecule has 0 saturated heterocycles. The Morgan fingerprint density at radius 2 is 1.90 bits per heavy atom. The van der Waals surface area contributed by atoms with Gasteiger partial charge in [0.25, 0.3) is 0 Å². The highest BCUT2D eigenvalue weighted by Crippen LogP contribution is 2.17. The van der Waals surface area contributed by atoms with E-state index in [0.29, 0.717) is 6.61 Å². The first-order chi connectivity index (χ1) is 9.33. The summed E-state index contributed by atoms with van der Waals surface area (Å²) in [6.07, 6.45) is 0. The predicted octanol–water partition coefficient (Wildman–Crippen LogP) is 1.82. The molecule has 5 nitrogen and oxygen atoms in total. The Kier molecular flexibility index (Phi) is 5.70. The molecule has 1 aromatic carbocycles. The molecule has 1 unspecified atom stereocenters. The number of ether oxygens (including phenoxy) is 1. The monoisotopic (exact) mass is 279 g/mol. The van der Waals surface area contributed by atoms with Crippen LogP contribution >= 0.6 is 0 Å². The standard InChI is InChI=1S/C15H21NO4/c1-11(13(17)18)16-14(19)15(2,3)10-20-9-12-7-5-4-6-8-12/h4-8,11H,9-10H2,1-3H3,(H,16,19)(H,17,18). The van der Waals surface area contributed by atoms with Crippen LogP contribution in [0.15, 0.2) is 30.3 Å². The second-order valence-electron chi connectivity index (χ2n) is 5.40. The lowest BCUT2D eigenvalue weighted by Gasteiger charge is -2.24. The minimum Gasteiger partial charge on any atom is -0.480 e. The summed E-state index contributed by atoms with van der Waals surface area (Å²) < 4.78 is 5.54. The summed E-state index contributed by atoms with van der Waals surface area (Å²) >= 11 is 0. The zero-order valence-electron chi connectivity index (χ0n) is 12.1. The van der Waals surface area contributed by atoms with E-state index in [0.717, 1.165) is 5.56 Å². The van der Waals surface area contributed by atoms with Gasteiger partial charge in [-0.3, -0.25) is 9.59 Å². The SMILES string of the molecule is CC(NC(=O)C(C)(C)COCc1ccccc1)C(=O)O. The Balaban J connectivity index is 2.44. The fourth-order valence-corrected chi connectivity index (χ4v) is 1.52. The van der Waals surface area contributed by atoms with Gasteiger partial charge in [0.15, 0.2) is 0 Å². The second-order valence-corrected chi connectivity index (χ2v) is 5.40. The summed E-state index contributed by atoms with van der Waals surface area (Å²) in [6.45, 7) is 5.52. The molecule has 5 heteroatoms. The van der Waals surface area contributed by atoms with Gasteiger partial charge in [0.05, 0.1) is 18.6 Å². The number of carbonyl (C=O) groups excluding carboxylic acids is 1. The van der Waals surface area contributed by atoms with Crippen molar-refractivity contribution in [2.45, 2.75) is 33.4 Å². The van der Waals surface area contributed by atoms with Gasteiger partial charge >= 0.3 is 5.97 Å². The first kappa shape index (κ1) is 16.2. The van der Waals surface area contributed by atoms with Gasteiger partial charge in [0.2, 0.25) is 5.91 Å². The van der Waals surface area contributed by atoms with Gasteiger partial charge in [-0.15, -0.1) is 0 Å². The molecular formula is C15H21NO4. The molecule has 0 radical (unpaired) electrons. The molecule has 1 atom stereocenters. The van der Waals surface area contributed by atoms with Crippen LogP contribution in [-0.2, 0) is 20.9 Å². The molecule has 0 aliphatic rings. The van der Waals surface area contributed by atoms with Crippen LogP contribution in [0.25, 0.3) is 0 Å². The lowest BCUT2D eigenvalue weighted by molar-refractivity contribution is -0.144. The number of amides is 1. The third kappa shape index (κ3) is 5.01. The first-order valence-corrected chi connectivity index (χ1v) is 6.48. The van der Waals surface area contributed by atoms with Crippen molar-refractivity contribution < 1.29 is 19.4 Å². The van der Waals surface area contributed by atoms with Gasteiger partial charge < -0.3 is 15.2 Å². The van der Waals surface area contributed by atoms with Crippen LogP contribution in [0.4, 0.5) is 0 Å². The number of benzene rings is 1. The van der Waals surface area contributed by atoms with Crippen molar-refractivity contribution in [2.24, 2.45) is 5.41 Å². The zero-order valence-corrected chi connectivity index (χ0v) is 12.1. The molecule has 0 aromatic heterocycles. The number of carbonyl (C=O) groups is 2. The van der Waals surface area contributed by atoms with Gasteiger partial charge in [-0.1, -0.05) is 30.3 Å². The average molecular weight is 279 g/mol. The first-order valence-electron chi connectivity index (χ1n) is 6.48. The molecule has 0 aliphatic carbocycles.